The van der Waals surface area contributed by atoms with E-state index in [9.17, 15) is 0 Å². The Bertz CT molecular complexity index is 574. The van der Waals surface area contributed by atoms with Crippen molar-refractivity contribution in [1.29, 1.82) is 0 Å². The number of rotatable bonds is 4. The molecule has 1 heterocycles. The first kappa shape index (κ1) is 12.2. The molecule has 0 atom stereocenters. The van der Waals surface area contributed by atoms with Crippen LogP contribution in [0.25, 0.3) is 11.3 Å². The average Bonchev–Trinajstić information content (AvgIpc) is 3.25. The van der Waals surface area contributed by atoms with Gasteiger partial charge in [0.15, 0.2) is 0 Å². The summed E-state index contributed by atoms with van der Waals surface area (Å²) in [5, 5.41) is 3.19. The fraction of sp³-hybridized carbons (Fsp3) is 0.375. The smallest absolute Gasteiger partial charge is 0.132 e. The Labute approximate surface area is 114 Å². The molecule has 1 aromatic carbocycles. The van der Waals surface area contributed by atoms with E-state index in [1.54, 1.807) is 0 Å². The molecule has 19 heavy (non-hydrogen) atoms. The van der Waals surface area contributed by atoms with E-state index in [-0.39, 0.29) is 0 Å². The molecule has 98 valence electrons. The van der Waals surface area contributed by atoms with Gasteiger partial charge in [-0.3, -0.25) is 0 Å². The highest BCUT2D eigenvalue weighted by molar-refractivity contribution is 5.68. The van der Waals surface area contributed by atoms with Gasteiger partial charge in [0, 0.05) is 24.6 Å². The van der Waals surface area contributed by atoms with Crippen LogP contribution in [-0.2, 0) is 6.42 Å². The van der Waals surface area contributed by atoms with Gasteiger partial charge in [-0.15, -0.1) is 0 Å². The van der Waals surface area contributed by atoms with Crippen LogP contribution in [0.4, 0.5) is 5.82 Å². The molecular formula is C16H19N3. The lowest BCUT2D eigenvalue weighted by Crippen LogP contribution is -2.06. The van der Waals surface area contributed by atoms with Crippen LogP contribution < -0.4 is 5.32 Å². The number of aromatic nitrogens is 2. The summed E-state index contributed by atoms with van der Waals surface area (Å²) in [7, 11) is 1.92. The van der Waals surface area contributed by atoms with Crippen molar-refractivity contribution in [3.63, 3.8) is 0 Å². The number of benzene rings is 1. The van der Waals surface area contributed by atoms with E-state index in [2.05, 4.69) is 41.5 Å². The van der Waals surface area contributed by atoms with Gasteiger partial charge < -0.3 is 5.32 Å². The van der Waals surface area contributed by atoms with E-state index in [0.717, 1.165) is 40.8 Å². The van der Waals surface area contributed by atoms with Gasteiger partial charge >= 0.3 is 0 Å². The van der Waals surface area contributed by atoms with Gasteiger partial charge in [-0.2, -0.15) is 0 Å². The fourth-order valence-electron chi connectivity index (χ4n) is 2.35. The second kappa shape index (κ2) is 5.00. The highest BCUT2D eigenvalue weighted by atomic mass is 15.0. The lowest BCUT2D eigenvalue weighted by molar-refractivity contribution is 0.770. The SMILES string of the molecule is CNc1nc(CC2CC2)nc(-c2ccccc2)c1C. The summed E-state index contributed by atoms with van der Waals surface area (Å²) in [5.74, 6) is 2.72. The standard InChI is InChI=1S/C16H19N3/c1-11-15(13-6-4-3-5-7-13)18-14(10-12-8-9-12)19-16(11)17-2/h3-7,12H,8-10H2,1-2H3,(H,17,18,19). The summed E-state index contributed by atoms with van der Waals surface area (Å²) < 4.78 is 0. The molecule has 0 unspecified atom stereocenters. The number of nitrogens with one attached hydrogen (secondary N) is 1. The molecule has 2 aromatic rings. The van der Waals surface area contributed by atoms with E-state index >= 15 is 0 Å². The van der Waals surface area contributed by atoms with Crippen LogP contribution in [0.1, 0.15) is 24.2 Å². The minimum atomic E-state index is 0.802. The molecule has 1 N–H and O–H groups in total. The Balaban J connectivity index is 2.05. The Hall–Kier alpha value is -1.90. The zero-order valence-corrected chi connectivity index (χ0v) is 11.5. The third-order valence-electron chi connectivity index (χ3n) is 3.64. The molecule has 1 fully saturated rings. The van der Waals surface area contributed by atoms with Crippen molar-refractivity contribution in [2.75, 3.05) is 12.4 Å². The molecular weight excluding hydrogens is 234 g/mol. The maximum absolute atomic E-state index is 4.78. The summed E-state index contributed by atoms with van der Waals surface area (Å²) in [6.07, 6.45) is 3.66. The van der Waals surface area contributed by atoms with E-state index in [1.165, 1.54) is 12.8 Å². The van der Waals surface area contributed by atoms with E-state index in [1.807, 2.05) is 13.1 Å². The molecule has 0 aliphatic heterocycles. The molecule has 1 aliphatic rings. The zero-order chi connectivity index (χ0) is 13.2. The van der Waals surface area contributed by atoms with Crippen LogP contribution in [-0.4, -0.2) is 17.0 Å². The molecule has 0 radical (unpaired) electrons. The van der Waals surface area contributed by atoms with E-state index in [4.69, 9.17) is 4.98 Å². The van der Waals surface area contributed by atoms with Gasteiger partial charge in [-0.05, 0) is 25.7 Å². The van der Waals surface area contributed by atoms with Crippen molar-refractivity contribution in [3.8, 4) is 11.3 Å². The van der Waals surface area contributed by atoms with Gasteiger partial charge in [-0.1, -0.05) is 30.3 Å². The van der Waals surface area contributed by atoms with Crippen molar-refractivity contribution in [2.45, 2.75) is 26.2 Å². The second-order valence-electron chi connectivity index (χ2n) is 5.23. The molecule has 3 rings (SSSR count). The molecule has 0 bridgehead atoms. The van der Waals surface area contributed by atoms with E-state index in [0.29, 0.717) is 0 Å². The monoisotopic (exact) mass is 253 g/mol. The molecule has 3 heteroatoms. The summed E-state index contributed by atoms with van der Waals surface area (Å²) >= 11 is 0. The third kappa shape index (κ3) is 2.60. The van der Waals surface area contributed by atoms with Crippen molar-refractivity contribution in [1.82, 2.24) is 9.97 Å². The van der Waals surface area contributed by atoms with Crippen molar-refractivity contribution >= 4 is 5.82 Å². The Kier molecular flexibility index (Phi) is 3.20. The van der Waals surface area contributed by atoms with Crippen LogP contribution in [0.2, 0.25) is 0 Å². The Morgan fingerprint density at radius 1 is 1.16 bits per heavy atom. The van der Waals surface area contributed by atoms with Crippen LogP contribution in [0.3, 0.4) is 0 Å². The number of hydrogen-bond donors (Lipinski definition) is 1. The zero-order valence-electron chi connectivity index (χ0n) is 11.5. The first-order valence-electron chi connectivity index (χ1n) is 6.88. The molecule has 0 saturated heterocycles. The first-order valence-corrected chi connectivity index (χ1v) is 6.88. The molecule has 1 aliphatic carbocycles. The highest BCUT2D eigenvalue weighted by Crippen LogP contribution is 2.33. The number of nitrogens with zero attached hydrogens (tertiary/aromatic N) is 2. The minimum Gasteiger partial charge on any atom is -0.373 e. The minimum absolute atomic E-state index is 0.802. The molecule has 3 nitrogen and oxygen atoms in total. The lowest BCUT2D eigenvalue weighted by atomic mass is 10.1. The van der Waals surface area contributed by atoms with Crippen LogP contribution in [0.15, 0.2) is 30.3 Å². The number of hydrogen-bond acceptors (Lipinski definition) is 3. The average molecular weight is 253 g/mol. The van der Waals surface area contributed by atoms with Gasteiger partial charge in [0.2, 0.25) is 0 Å². The van der Waals surface area contributed by atoms with Crippen LogP contribution in [0, 0.1) is 12.8 Å². The largest absolute Gasteiger partial charge is 0.373 e. The Morgan fingerprint density at radius 2 is 1.89 bits per heavy atom. The Morgan fingerprint density at radius 3 is 2.53 bits per heavy atom. The molecule has 1 saturated carbocycles. The fourth-order valence-corrected chi connectivity index (χ4v) is 2.35. The van der Waals surface area contributed by atoms with Crippen LogP contribution in [0.5, 0.6) is 0 Å². The molecule has 0 spiro atoms. The molecule has 0 amide bonds. The summed E-state index contributed by atoms with van der Waals surface area (Å²) in [5.41, 5.74) is 3.33. The van der Waals surface area contributed by atoms with Gasteiger partial charge in [-0.25, -0.2) is 9.97 Å². The van der Waals surface area contributed by atoms with Crippen molar-refractivity contribution < 1.29 is 0 Å². The highest BCUT2D eigenvalue weighted by Gasteiger charge is 2.24. The number of anilines is 1. The maximum atomic E-state index is 4.78. The molecule has 1 aromatic heterocycles. The normalized spacial score (nSPS) is 14.4. The van der Waals surface area contributed by atoms with Crippen molar-refractivity contribution in [3.05, 3.63) is 41.7 Å². The predicted octanol–water partition coefficient (Wildman–Crippen LogP) is 3.45. The third-order valence-corrected chi connectivity index (χ3v) is 3.64. The summed E-state index contributed by atoms with van der Waals surface area (Å²) in [6, 6.07) is 10.3. The lowest BCUT2D eigenvalue weighted by Gasteiger charge is -2.12. The quantitative estimate of drug-likeness (QED) is 0.907. The predicted molar refractivity (Wildman–Crippen MR) is 78.2 cm³/mol. The summed E-state index contributed by atoms with van der Waals surface area (Å²) in [4.78, 5) is 9.42. The second-order valence-corrected chi connectivity index (χ2v) is 5.23. The van der Waals surface area contributed by atoms with Gasteiger partial charge in [0.25, 0.3) is 0 Å². The summed E-state index contributed by atoms with van der Waals surface area (Å²) in [6.45, 7) is 2.08. The first-order chi connectivity index (χ1) is 9.28. The van der Waals surface area contributed by atoms with Crippen LogP contribution >= 0.6 is 0 Å². The van der Waals surface area contributed by atoms with Gasteiger partial charge in [0.1, 0.15) is 11.6 Å². The maximum Gasteiger partial charge on any atom is 0.132 e. The van der Waals surface area contributed by atoms with E-state index < -0.39 is 0 Å². The van der Waals surface area contributed by atoms with Gasteiger partial charge in [0.05, 0.1) is 5.69 Å². The topological polar surface area (TPSA) is 37.8 Å². The van der Waals surface area contributed by atoms with Crippen molar-refractivity contribution in [2.24, 2.45) is 5.92 Å².